The predicted octanol–water partition coefficient (Wildman–Crippen LogP) is 4.11. The average Bonchev–Trinajstić information content (AvgIpc) is 3.13. The number of carbonyl (C=O) groups excluding carboxylic acids is 1. The van der Waals surface area contributed by atoms with Crippen LogP contribution in [0.5, 0.6) is 5.75 Å². The molecule has 3 aromatic rings. The predicted molar refractivity (Wildman–Crippen MR) is 103 cm³/mol. The zero-order valence-electron chi connectivity index (χ0n) is 14.3. The van der Waals surface area contributed by atoms with Crippen molar-refractivity contribution in [2.24, 2.45) is 0 Å². The molecule has 26 heavy (non-hydrogen) atoms. The topological polar surface area (TPSA) is 42.4 Å². The average molecular weight is 367 g/mol. The molecule has 2 heterocycles. The van der Waals surface area contributed by atoms with Crippen molar-refractivity contribution in [1.82, 2.24) is 9.88 Å². The van der Waals surface area contributed by atoms with Gasteiger partial charge < -0.3 is 9.64 Å². The van der Waals surface area contributed by atoms with Crippen molar-refractivity contribution in [1.29, 1.82) is 0 Å². The number of halogens is 1. The number of pyridine rings is 1. The molecular formula is C21H19ClN2O2. The summed E-state index contributed by atoms with van der Waals surface area (Å²) < 4.78 is 5.94. The van der Waals surface area contributed by atoms with Gasteiger partial charge in [0.2, 0.25) is 5.91 Å². The molecule has 5 heteroatoms. The minimum Gasteiger partial charge on any atom is -0.487 e. The van der Waals surface area contributed by atoms with Crippen molar-refractivity contribution in [3.8, 4) is 5.75 Å². The summed E-state index contributed by atoms with van der Waals surface area (Å²) in [5.74, 6) is 0.753. The molecule has 4 rings (SSSR count). The van der Waals surface area contributed by atoms with Gasteiger partial charge in [-0.15, -0.1) is 0 Å². The Balaban J connectivity index is 1.42. The molecule has 1 saturated heterocycles. The molecule has 1 fully saturated rings. The van der Waals surface area contributed by atoms with Gasteiger partial charge in [-0.1, -0.05) is 54.1 Å². The van der Waals surface area contributed by atoms with E-state index >= 15 is 0 Å². The first kappa shape index (κ1) is 16.9. The van der Waals surface area contributed by atoms with Crippen molar-refractivity contribution in [2.45, 2.75) is 18.9 Å². The van der Waals surface area contributed by atoms with E-state index in [-0.39, 0.29) is 12.0 Å². The number of nitrogens with zero attached hydrogens (tertiary/aromatic N) is 2. The number of ether oxygens (including phenoxy) is 1. The second kappa shape index (κ2) is 7.34. The molecule has 0 saturated carbocycles. The van der Waals surface area contributed by atoms with Crippen LogP contribution in [0.4, 0.5) is 0 Å². The van der Waals surface area contributed by atoms with Crippen molar-refractivity contribution >= 4 is 28.3 Å². The fourth-order valence-corrected chi connectivity index (χ4v) is 3.57. The van der Waals surface area contributed by atoms with Crippen LogP contribution < -0.4 is 4.74 Å². The summed E-state index contributed by atoms with van der Waals surface area (Å²) >= 11 is 6.10. The number of likely N-dealkylation sites (tertiary alicyclic amines) is 1. The van der Waals surface area contributed by atoms with Crippen LogP contribution in [0.25, 0.3) is 10.8 Å². The molecule has 1 aromatic heterocycles. The third-order valence-corrected chi connectivity index (χ3v) is 5.03. The minimum atomic E-state index is -0.0358. The van der Waals surface area contributed by atoms with E-state index in [1.165, 1.54) is 0 Å². The number of aromatic nitrogens is 1. The SMILES string of the molecule is O=C(Cc1cccc2ccccc12)N1CCC(Oc2ccncc2Cl)C1. The maximum Gasteiger partial charge on any atom is 0.227 e. The molecule has 0 bridgehead atoms. The monoisotopic (exact) mass is 366 g/mol. The molecule has 0 spiro atoms. The Morgan fingerprint density at radius 2 is 2.04 bits per heavy atom. The molecular weight excluding hydrogens is 348 g/mol. The molecule has 1 amide bonds. The number of fused-ring (bicyclic) bond motifs is 1. The maximum atomic E-state index is 12.8. The highest BCUT2D eigenvalue weighted by atomic mass is 35.5. The summed E-state index contributed by atoms with van der Waals surface area (Å²) in [6.45, 7) is 1.29. The van der Waals surface area contributed by atoms with E-state index < -0.39 is 0 Å². The van der Waals surface area contributed by atoms with E-state index in [0.717, 1.165) is 22.8 Å². The van der Waals surface area contributed by atoms with Crippen LogP contribution in [0.2, 0.25) is 5.02 Å². The summed E-state index contributed by atoms with van der Waals surface area (Å²) in [5, 5.41) is 2.79. The van der Waals surface area contributed by atoms with E-state index in [1.54, 1.807) is 18.5 Å². The minimum absolute atomic E-state index is 0.0358. The number of amides is 1. The van der Waals surface area contributed by atoms with Crippen LogP contribution in [0.15, 0.2) is 60.9 Å². The van der Waals surface area contributed by atoms with Gasteiger partial charge >= 0.3 is 0 Å². The lowest BCUT2D eigenvalue weighted by molar-refractivity contribution is -0.129. The Morgan fingerprint density at radius 1 is 1.19 bits per heavy atom. The summed E-state index contributed by atoms with van der Waals surface area (Å²) in [6, 6.07) is 16.0. The second-order valence-corrected chi connectivity index (χ2v) is 6.90. The number of rotatable bonds is 4. The quantitative estimate of drug-likeness (QED) is 0.697. The summed E-state index contributed by atoms with van der Waals surface area (Å²) in [7, 11) is 0. The van der Waals surface area contributed by atoms with Gasteiger partial charge in [-0.3, -0.25) is 9.78 Å². The van der Waals surface area contributed by atoms with Crippen LogP contribution in [0, 0.1) is 0 Å². The molecule has 0 N–H and O–H groups in total. The number of benzene rings is 2. The first-order chi connectivity index (χ1) is 12.7. The fraction of sp³-hybridized carbons (Fsp3) is 0.238. The molecule has 4 nitrogen and oxygen atoms in total. The van der Waals surface area contributed by atoms with Gasteiger partial charge in [0.05, 0.1) is 13.0 Å². The highest BCUT2D eigenvalue weighted by Gasteiger charge is 2.28. The van der Waals surface area contributed by atoms with Gasteiger partial charge in [-0.2, -0.15) is 0 Å². The molecule has 2 aromatic carbocycles. The van der Waals surface area contributed by atoms with Gasteiger partial charge in [0.1, 0.15) is 16.9 Å². The molecule has 0 radical (unpaired) electrons. The van der Waals surface area contributed by atoms with E-state index in [9.17, 15) is 4.79 Å². The zero-order valence-corrected chi connectivity index (χ0v) is 15.0. The van der Waals surface area contributed by atoms with Crippen LogP contribution in [-0.4, -0.2) is 35.0 Å². The van der Waals surface area contributed by atoms with Crippen molar-refractivity contribution in [2.75, 3.05) is 13.1 Å². The first-order valence-electron chi connectivity index (χ1n) is 8.71. The Morgan fingerprint density at radius 3 is 2.92 bits per heavy atom. The zero-order chi connectivity index (χ0) is 17.9. The highest BCUT2D eigenvalue weighted by molar-refractivity contribution is 6.31. The standard InChI is InChI=1S/C21H19ClN2O2/c22-19-13-23-10-8-20(19)26-17-9-11-24(14-17)21(25)12-16-6-3-5-15-4-1-2-7-18(15)16/h1-8,10,13,17H,9,11-12,14H2. The second-order valence-electron chi connectivity index (χ2n) is 6.49. The van der Waals surface area contributed by atoms with Crippen LogP contribution in [0.3, 0.4) is 0 Å². The lowest BCUT2D eigenvalue weighted by Crippen LogP contribution is -2.32. The number of hydrogen-bond donors (Lipinski definition) is 0. The van der Waals surface area contributed by atoms with Crippen molar-refractivity contribution in [3.05, 3.63) is 71.5 Å². The first-order valence-corrected chi connectivity index (χ1v) is 9.09. The van der Waals surface area contributed by atoms with Crippen LogP contribution in [-0.2, 0) is 11.2 Å². The van der Waals surface area contributed by atoms with Gasteiger partial charge in [0.25, 0.3) is 0 Å². The highest BCUT2D eigenvalue weighted by Crippen LogP contribution is 2.26. The van der Waals surface area contributed by atoms with Gasteiger partial charge in [-0.25, -0.2) is 0 Å². The normalized spacial score (nSPS) is 16.8. The van der Waals surface area contributed by atoms with Crippen LogP contribution >= 0.6 is 11.6 Å². The van der Waals surface area contributed by atoms with Crippen molar-refractivity contribution in [3.63, 3.8) is 0 Å². The fourth-order valence-electron chi connectivity index (χ4n) is 3.41. The summed E-state index contributed by atoms with van der Waals surface area (Å²) in [4.78, 5) is 18.6. The lowest BCUT2D eigenvalue weighted by atomic mass is 10.0. The number of carbonyl (C=O) groups is 1. The Kier molecular flexibility index (Phi) is 4.76. The van der Waals surface area contributed by atoms with Gasteiger partial charge in [0.15, 0.2) is 0 Å². The van der Waals surface area contributed by atoms with E-state index in [1.807, 2.05) is 29.2 Å². The van der Waals surface area contributed by atoms with Gasteiger partial charge in [-0.05, 0) is 16.3 Å². The third kappa shape index (κ3) is 3.51. The molecule has 1 atom stereocenters. The smallest absolute Gasteiger partial charge is 0.227 e. The Hall–Kier alpha value is -2.59. The maximum absolute atomic E-state index is 12.8. The molecule has 1 unspecified atom stereocenters. The summed E-state index contributed by atoms with van der Waals surface area (Å²) in [6.07, 6.45) is 4.39. The van der Waals surface area contributed by atoms with Crippen molar-refractivity contribution < 1.29 is 9.53 Å². The Bertz CT molecular complexity index is 939. The van der Waals surface area contributed by atoms with E-state index in [0.29, 0.717) is 30.3 Å². The van der Waals surface area contributed by atoms with E-state index in [4.69, 9.17) is 16.3 Å². The molecule has 1 aliphatic heterocycles. The van der Waals surface area contributed by atoms with Gasteiger partial charge in [0, 0.05) is 31.4 Å². The largest absolute Gasteiger partial charge is 0.487 e. The number of hydrogen-bond acceptors (Lipinski definition) is 3. The molecule has 0 aliphatic carbocycles. The van der Waals surface area contributed by atoms with Crippen LogP contribution in [0.1, 0.15) is 12.0 Å². The van der Waals surface area contributed by atoms with E-state index in [2.05, 4.69) is 23.2 Å². The summed E-state index contributed by atoms with van der Waals surface area (Å²) in [5.41, 5.74) is 1.06. The lowest BCUT2D eigenvalue weighted by Gasteiger charge is -2.18. The Labute approximate surface area is 157 Å². The molecule has 132 valence electrons. The molecule has 1 aliphatic rings. The third-order valence-electron chi connectivity index (χ3n) is 4.75.